The lowest BCUT2D eigenvalue weighted by Gasteiger charge is -2.31. The average molecular weight is 268 g/mol. The Morgan fingerprint density at radius 1 is 1.22 bits per heavy atom. The Hall–Kier alpha value is -0.380. The Balaban J connectivity index is 2.59. The van der Waals surface area contributed by atoms with E-state index in [-0.39, 0.29) is 0 Å². The molecule has 1 aromatic heterocycles. The third-order valence-electron chi connectivity index (χ3n) is 3.61. The molecule has 0 aliphatic carbocycles. The molecule has 3 heteroatoms. The molecular formula is C15H28N2S. The van der Waals surface area contributed by atoms with Crippen molar-refractivity contribution in [3.8, 4) is 0 Å². The number of nitrogens with zero attached hydrogens (tertiary/aromatic N) is 1. The van der Waals surface area contributed by atoms with E-state index in [4.69, 9.17) is 5.73 Å². The van der Waals surface area contributed by atoms with Crippen molar-refractivity contribution in [2.75, 3.05) is 13.6 Å². The van der Waals surface area contributed by atoms with Crippen molar-refractivity contribution in [2.24, 2.45) is 17.6 Å². The normalized spacial score (nSPS) is 15.6. The molecule has 2 unspecified atom stereocenters. The van der Waals surface area contributed by atoms with Gasteiger partial charge >= 0.3 is 0 Å². The van der Waals surface area contributed by atoms with Crippen molar-refractivity contribution in [1.82, 2.24) is 4.90 Å². The monoisotopic (exact) mass is 268 g/mol. The second-order valence-corrected chi connectivity index (χ2v) is 6.86. The van der Waals surface area contributed by atoms with Crippen molar-refractivity contribution in [2.45, 2.75) is 46.2 Å². The maximum absolute atomic E-state index is 6.14. The molecule has 0 aliphatic rings. The molecule has 0 saturated heterocycles. The van der Waals surface area contributed by atoms with Crippen LogP contribution in [0.5, 0.6) is 0 Å². The number of hydrogen-bond acceptors (Lipinski definition) is 3. The largest absolute Gasteiger partial charge is 0.327 e. The first-order valence-electron chi connectivity index (χ1n) is 6.92. The topological polar surface area (TPSA) is 29.3 Å². The molecule has 0 bridgehead atoms. The first-order valence-corrected chi connectivity index (χ1v) is 7.80. The van der Waals surface area contributed by atoms with Gasteiger partial charge in [-0.25, -0.2) is 0 Å². The third-order valence-corrected chi connectivity index (χ3v) is 4.56. The third kappa shape index (κ3) is 4.38. The smallest absolute Gasteiger partial charge is 0.0461 e. The summed E-state index contributed by atoms with van der Waals surface area (Å²) in [6.07, 6.45) is 1.07. The summed E-state index contributed by atoms with van der Waals surface area (Å²) < 4.78 is 0. The van der Waals surface area contributed by atoms with Crippen LogP contribution in [-0.2, 0) is 0 Å². The number of nitrogens with two attached hydrogens (primary N) is 1. The molecule has 0 aromatic carbocycles. The minimum absolute atomic E-state index is 0.309. The number of hydrogen-bond donors (Lipinski definition) is 1. The second kappa shape index (κ2) is 7.27. The van der Waals surface area contributed by atoms with Gasteiger partial charge < -0.3 is 5.73 Å². The zero-order valence-electron chi connectivity index (χ0n) is 12.4. The average Bonchev–Trinajstić information content (AvgIpc) is 2.78. The highest BCUT2D eigenvalue weighted by Gasteiger charge is 2.22. The highest BCUT2D eigenvalue weighted by atomic mass is 32.1. The summed E-state index contributed by atoms with van der Waals surface area (Å²) in [6.45, 7) is 10.1. The Labute approximate surface area is 116 Å². The lowest BCUT2D eigenvalue weighted by molar-refractivity contribution is 0.187. The highest BCUT2D eigenvalue weighted by Crippen LogP contribution is 2.30. The van der Waals surface area contributed by atoms with Crippen LogP contribution in [0.1, 0.15) is 45.0 Å². The summed E-state index contributed by atoms with van der Waals surface area (Å²) >= 11 is 1.86. The van der Waals surface area contributed by atoms with E-state index in [2.05, 4.69) is 57.2 Å². The van der Waals surface area contributed by atoms with Gasteiger partial charge in [-0.1, -0.05) is 33.8 Å². The molecule has 0 spiro atoms. The molecule has 1 rings (SSSR count). The van der Waals surface area contributed by atoms with E-state index in [0.717, 1.165) is 13.0 Å². The van der Waals surface area contributed by atoms with Gasteiger partial charge in [0, 0.05) is 17.0 Å². The first kappa shape index (κ1) is 15.7. The van der Waals surface area contributed by atoms with Gasteiger partial charge in [-0.2, -0.15) is 0 Å². The zero-order chi connectivity index (χ0) is 13.7. The lowest BCUT2D eigenvalue weighted by atomic mass is 9.98. The van der Waals surface area contributed by atoms with Crippen molar-refractivity contribution in [3.63, 3.8) is 0 Å². The molecule has 0 saturated carbocycles. The predicted molar refractivity (Wildman–Crippen MR) is 82.0 cm³/mol. The molecule has 2 N–H and O–H groups in total. The van der Waals surface area contributed by atoms with Crippen LogP contribution in [0.15, 0.2) is 17.5 Å². The Kier molecular flexibility index (Phi) is 6.33. The summed E-state index contributed by atoms with van der Waals surface area (Å²) in [5.74, 6) is 1.20. The molecule has 1 aromatic rings. The van der Waals surface area contributed by atoms with E-state index in [0.29, 0.717) is 23.9 Å². The van der Waals surface area contributed by atoms with Crippen molar-refractivity contribution >= 4 is 11.3 Å². The van der Waals surface area contributed by atoms with Gasteiger partial charge in [-0.15, -0.1) is 11.3 Å². The molecular weight excluding hydrogens is 240 g/mol. The van der Waals surface area contributed by atoms with Gasteiger partial charge in [0.1, 0.15) is 0 Å². The Morgan fingerprint density at radius 3 is 2.33 bits per heavy atom. The standard InChI is InChI=1S/C15H28N2S/c1-11(2)13(16)8-9-17(5)15(12(3)4)14-7-6-10-18-14/h6-7,10-13,15H,8-9,16H2,1-5H3. The molecule has 2 atom stereocenters. The molecule has 0 radical (unpaired) electrons. The molecule has 1 heterocycles. The van der Waals surface area contributed by atoms with E-state index in [1.807, 2.05) is 11.3 Å². The summed E-state index contributed by atoms with van der Waals surface area (Å²) in [6, 6.07) is 5.21. The van der Waals surface area contributed by atoms with Crippen LogP contribution in [0.3, 0.4) is 0 Å². The predicted octanol–water partition coefficient (Wildman–Crippen LogP) is 3.75. The van der Waals surface area contributed by atoms with Crippen LogP contribution in [-0.4, -0.2) is 24.5 Å². The number of rotatable bonds is 7. The van der Waals surface area contributed by atoms with E-state index in [9.17, 15) is 0 Å². The van der Waals surface area contributed by atoms with Gasteiger partial charge in [-0.05, 0) is 43.3 Å². The van der Waals surface area contributed by atoms with Crippen LogP contribution < -0.4 is 5.73 Å². The van der Waals surface area contributed by atoms with Crippen molar-refractivity contribution in [1.29, 1.82) is 0 Å². The summed E-state index contributed by atoms with van der Waals surface area (Å²) in [7, 11) is 2.22. The number of thiophene rings is 1. The molecule has 18 heavy (non-hydrogen) atoms. The molecule has 0 aliphatic heterocycles. The summed E-state index contributed by atoms with van der Waals surface area (Å²) in [5.41, 5.74) is 6.14. The van der Waals surface area contributed by atoms with E-state index >= 15 is 0 Å². The maximum Gasteiger partial charge on any atom is 0.0461 e. The summed E-state index contributed by atoms with van der Waals surface area (Å²) in [4.78, 5) is 3.92. The Morgan fingerprint density at radius 2 is 1.89 bits per heavy atom. The first-order chi connectivity index (χ1) is 8.43. The molecule has 104 valence electrons. The fourth-order valence-electron chi connectivity index (χ4n) is 2.34. The minimum Gasteiger partial charge on any atom is -0.327 e. The van der Waals surface area contributed by atoms with Crippen molar-refractivity contribution < 1.29 is 0 Å². The van der Waals surface area contributed by atoms with E-state index < -0.39 is 0 Å². The van der Waals surface area contributed by atoms with Crippen LogP contribution >= 0.6 is 11.3 Å². The molecule has 0 fully saturated rings. The van der Waals surface area contributed by atoms with Crippen LogP contribution in [0.4, 0.5) is 0 Å². The lowest BCUT2D eigenvalue weighted by Crippen LogP contribution is -2.34. The van der Waals surface area contributed by atoms with Gasteiger partial charge in [0.2, 0.25) is 0 Å². The fraction of sp³-hybridized carbons (Fsp3) is 0.733. The zero-order valence-corrected chi connectivity index (χ0v) is 13.2. The van der Waals surface area contributed by atoms with Crippen molar-refractivity contribution in [3.05, 3.63) is 22.4 Å². The van der Waals surface area contributed by atoms with E-state index in [1.54, 1.807) is 0 Å². The quantitative estimate of drug-likeness (QED) is 0.816. The Bertz CT molecular complexity index is 319. The van der Waals surface area contributed by atoms with Gasteiger partial charge in [0.05, 0.1) is 0 Å². The molecule has 2 nitrogen and oxygen atoms in total. The highest BCUT2D eigenvalue weighted by molar-refractivity contribution is 7.10. The van der Waals surface area contributed by atoms with Crippen LogP contribution in [0, 0.1) is 11.8 Å². The summed E-state index contributed by atoms with van der Waals surface area (Å²) in [5, 5.41) is 2.17. The van der Waals surface area contributed by atoms with Gasteiger partial charge in [0.25, 0.3) is 0 Å². The van der Waals surface area contributed by atoms with Gasteiger partial charge in [-0.3, -0.25) is 4.90 Å². The second-order valence-electron chi connectivity index (χ2n) is 5.88. The molecule has 0 amide bonds. The van der Waals surface area contributed by atoms with Crippen LogP contribution in [0.25, 0.3) is 0 Å². The van der Waals surface area contributed by atoms with E-state index in [1.165, 1.54) is 4.88 Å². The minimum atomic E-state index is 0.309. The maximum atomic E-state index is 6.14. The van der Waals surface area contributed by atoms with Crippen LogP contribution in [0.2, 0.25) is 0 Å². The fourth-order valence-corrected chi connectivity index (χ4v) is 3.40. The SMILES string of the molecule is CC(C)C(N)CCN(C)C(c1cccs1)C(C)C. The van der Waals surface area contributed by atoms with Gasteiger partial charge in [0.15, 0.2) is 0 Å².